The fourth-order valence-electron chi connectivity index (χ4n) is 0.747. The molecular formula is C9H20BN2. The lowest BCUT2D eigenvalue weighted by atomic mass is 9.77. The molecule has 0 heterocycles. The lowest BCUT2D eigenvalue weighted by molar-refractivity contribution is 0.421. The van der Waals surface area contributed by atoms with Crippen molar-refractivity contribution in [1.82, 2.24) is 10.9 Å². The van der Waals surface area contributed by atoms with E-state index in [0.717, 1.165) is 12.9 Å². The molecule has 12 heavy (non-hydrogen) atoms. The molecule has 0 rings (SSSR count). The average Bonchev–Trinajstić information content (AvgIpc) is 1.94. The van der Waals surface area contributed by atoms with Crippen LogP contribution in [0, 0.1) is 5.41 Å². The maximum Gasteiger partial charge on any atom is 0.160 e. The quantitative estimate of drug-likeness (QED) is 0.366. The minimum atomic E-state index is 0.404. The van der Waals surface area contributed by atoms with Crippen LogP contribution in [0.1, 0.15) is 27.2 Å². The minimum absolute atomic E-state index is 0.404. The van der Waals surface area contributed by atoms with Gasteiger partial charge in [0.25, 0.3) is 0 Å². The summed E-state index contributed by atoms with van der Waals surface area (Å²) >= 11 is 0. The predicted molar refractivity (Wildman–Crippen MR) is 56.0 cm³/mol. The van der Waals surface area contributed by atoms with Gasteiger partial charge < -0.3 is 0 Å². The molecule has 3 heteroatoms. The molecule has 2 N–H and O–H groups in total. The van der Waals surface area contributed by atoms with Gasteiger partial charge in [0, 0.05) is 0 Å². The maximum absolute atomic E-state index is 2.99. The number of hydrogen-bond donors (Lipinski definition) is 2. The standard InChI is InChI=1S/C9H20BN2/c1-9(2,3)6-5-7-10-8-12-11-4/h5,7,11-12H,6,8H2,1-4H3/b7-5+. The summed E-state index contributed by atoms with van der Waals surface area (Å²) in [5, 5.41) is 0. The Kier molecular flexibility index (Phi) is 6.12. The molecule has 2 nitrogen and oxygen atoms in total. The number of allylic oxidation sites excluding steroid dienone is 1. The maximum atomic E-state index is 2.99. The highest BCUT2D eigenvalue weighted by Crippen LogP contribution is 2.18. The van der Waals surface area contributed by atoms with Crippen LogP contribution in [0.25, 0.3) is 0 Å². The number of nitrogens with one attached hydrogen (secondary N) is 2. The van der Waals surface area contributed by atoms with Gasteiger partial charge in [-0.05, 0) is 25.3 Å². The van der Waals surface area contributed by atoms with Crippen molar-refractivity contribution in [3.05, 3.63) is 12.1 Å². The topological polar surface area (TPSA) is 24.1 Å². The van der Waals surface area contributed by atoms with Gasteiger partial charge in [-0.3, -0.25) is 10.9 Å². The van der Waals surface area contributed by atoms with Gasteiger partial charge in [0.2, 0.25) is 0 Å². The Hall–Kier alpha value is -0.275. The molecule has 0 saturated carbocycles. The van der Waals surface area contributed by atoms with Crippen molar-refractivity contribution in [3.8, 4) is 0 Å². The number of hydrazine groups is 1. The first-order valence-electron chi connectivity index (χ1n) is 4.44. The van der Waals surface area contributed by atoms with E-state index in [0.29, 0.717) is 5.41 Å². The van der Waals surface area contributed by atoms with E-state index in [1.165, 1.54) is 0 Å². The third-order valence-electron chi connectivity index (χ3n) is 1.40. The first-order chi connectivity index (χ1) is 5.56. The number of hydrogen-bond acceptors (Lipinski definition) is 2. The van der Waals surface area contributed by atoms with E-state index in [1.807, 2.05) is 7.05 Å². The molecule has 0 spiro atoms. The van der Waals surface area contributed by atoms with Crippen LogP contribution < -0.4 is 10.9 Å². The van der Waals surface area contributed by atoms with Gasteiger partial charge in [0.05, 0.1) is 0 Å². The van der Waals surface area contributed by atoms with Crippen molar-refractivity contribution in [1.29, 1.82) is 0 Å². The second-order valence-electron chi connectivity index (χ2n) is 4.06. The number of rotatable bonds is 5. The zero-order valence-electron chi connectivity index (χ0n) is 8.65. The second kappa shape index (κ2) is 6.26. The highest BCUT2D eigenvalue weighted by molar-refractivity contribution is 6.42. The Balaban J connectivity index is 3.26. The van der Waals surface area contributed by atoms with E-state index in [1.54, 1.807) is 0 Å². The Morgan fingerprint density at radius 2 is 2.00 bits per heavy atom. The van der Waals surface area contributed by atoms with Gasteiger partial charge in [0.15, 0.2) is 7.28 Å². The summed E-state index contributed by atoms with van der Waals surface area (Å²) in [6.45, 7) is 6.72. The largest absolute Gasteiger partial charge is 0.266 e. The van der Waals surface area contributed by atoms with Crippen molar-refractivity contribution in [2.45, 2.75) is 27.2 Å². The van der Waals surface area contributed by atoms with Crippen molar-refractivity contribution in [2.24, 2.45) is 5.41 Å². The van der Waals surface area contributed by atoms with Crippen LogP contribution in [0.15, 0.2) is 12.1 Å². The van der Waals surface area contributed by atoms with Gasteiger partial charge >= 0.3 is 0 Å². The summed E-state index contributed by atoms with van der Waals surface area (Å²) in [5.74, 6) is 2.11. The van der Waals surface area contributed by atoms with Crippen LogP contribution in [-0.4, -0.2) is 20.8 Å². The Labute approximate surface area is 77.0 Å². The smallest absolute Gasteiger partial charge is 0.160 e. The van der Waals surface area contributed by atoms with Crippen LogP contribution >= 0.6 is 0 Å². The molecule has 69 valence electrons. The fraction of sp³-hybridized carbons (Fsp3) is 0.778. The van der Waals surface area contributed by atoms with Crippen LogP contribution in [0.5, 0.6) is 0 Å². The fourth-order valence-corrected chi connectivity index (χ4v) is 0.747. The predicted octanol–water partition coefficient (Wildman–Crippen LogP) is 1.32. The molecule has 0 aliphatic heterocycles. The molecule has 1 radical (unpaired) electrons. The summed E-state index contributed by atoms with van der Waals surface area (Å²) in [7, 11) is 3.97. The lowest BCUT2D eigenvalue weighted by Gasteiger charge is -2.14. The van der Waals surface area contributed by atoms with E-state index < -0.39 is 0 Å². The summed E-state index contributed by atoms with van der Waals surface area (Å²) in [6.07, 6.45) is 4.21. The molecule has 0 aromatic rings. The van der Waals surface area contributed by atoms with Crippen molar-refractivity contribution in [3.63, 3.8) is 0 Å². The molecular weight excluding hydrogens is 147 g/mol. The average molecular weight is 167 g/mol. The van der Waals surface area contributed by atoms with Gasteiger partial charge in [-0.25, -0.2) is 0 Å². The first kappa shape index (κ1) is 11.7. The van der Waals surface area contributed by atoms with Gasteiger partial charge in [-0.1, -0.05) is 26.8 Å². The van der Waals surface area contributed by atoms with Crippen molar-refractivity contribution < 1.29 is 0 Å². The zero-order valence-corrected chi connectivity index (χ0v) is 8.65. The van der Waals surface area contributed by atoms with E-state index in [-0.39, 0.29) is 0 Å². The van der Waals surface area contributed by atoms with E-state index in [9.17, 15) is 0 Å². The highest BCUT2D eigenvalue weighted by Gasteiger charge is 2.05. The van der Waals surface area contributed by atoms with Crippen LogP contribution in [0.4, 0.5) is 0 Å². The molecule has 0 saturated heterocycles. The molecule has 0 amide bonds. The van der Waals surface area contributed by atoms with Crippen molar-refractivity contribution in [2.75, 3.05) is 13.5 Å². The molecule has 0 aliphatic carbocycles. The zero-order chi connectivity index (χ0) is 9.45. The molecule has 0 aromatic heterocycles. The molecule has 0 bridgehead atoms. The van der Waals surface area contributed by atoms with Crippen LogP contribution in [0.2, 0.25) is 0 Å². The Morgan fingerprint density at radius 1 is 1.33 bits per heavy atom. The third-order valence-corrected chi connectivity index (χ3v) is 1.40. The lowest BCUT2D eigenvalue weighted by Crippen LogP contribution is -2.31. The molecule has 0 unspecified atom stereocenters. The Bertz CT molecular complexity index is 127. The monoisotopic (exact) mass is 167 g/mol. The normalized spacial score (nSPS) is 12.3. The summed E-state index contributed by atoms with van der Waals surface area (Å²) in [5.41, 5.74) is 6.25. The minimum Gasteiger partial charge on any atom is -0.266 e. The summed E-state index contributed by atoms with van der Waals surface area (Å²) in [6, 6.07) is 0. The summed E-state index contributed by atoms with van der Waals surface area (Å²) in [4.78, 5) is 0. The summed E-state index contributed by atoms with van der Waals surface area (Å²) < 4.78 is 0. The highest BCUT2D eigenvalue weighted by atomic mass is 15.3. The van der Waals surface area contributed by atoms with E-state index >= 15 is 0 Å². The molecule has 0 aromatic carbocycles. The molecule has 0 fully saturated rings. The van der Waals surface area contributed by atoms with Gasteiger partial charge in [-0.2, -0.15) is 0 Å². The Morgan fingerprint density at radius 3 is 2.50 bits per heavy atom. The van der Waals surface area contributed by atoms with E-state index in [2.05, 4.69) is 51.0 Å². The SMILES string of the molecule is CNNC[B]/C=C/CC(C)(C)C. The third kappa shape index (κ3) is 9.72. The first-order valence-corrected chi connectivity index (χ1v) is 4.44. The van der Waals surface area contributed by atoms with Crippen LogP contribution in [0.3, 0.4) is 0 Å². The van der Waals surface area contributed by atoms with Gasteiger partial charge in [0.1, 0.15) is 0 Å². The van der Waals surface area contributed by atoms with Crippen molar-refractivity contribution >= 4 is 7.28 Å². The van der Waals surface area contributed by atoms with E-state index in [4.69, 9.17) is 0 Å². The molecule has 0 aliphatic rings. The van der Waals surface area contributed by atoms with Crippen LogP contribution in [-0.2, 0) is 0 Å². The second-order valence-corrected chi connectivity index (χ2v) is 4.06. The van der Waals surface area contributed by atoms with Gasteiger partial charge in [-0.15, -0.1) is 5.98 Å². The molecule has 0 atom stereocenters.